The summed E-state index contributed by atoms with van der Waals surface area (Å²) in [4.78, 5) is 0. The van der Waals surface area contributed by atoms with Crippen molar-refractivity contribution in [3.8, 4) is 0 Å². The van der Waals surface area contributed by atoms with Crippen LogP contribution in [0.4, 0.5) is 0 Å². The third-order valence-corrected chi connectivity index (χ3v) is 5.01. The topological polar surface area (TPSA) is 0 Å². The molecule has 0 saturated carbocycles. The van der Waals surface area contributed by atoms with Crippen LogP contribution in [0.5, 0.6) is 0 Å². The first-order valence-electron chi connectivity index (χ1n) is 8.64. The quantitative estimate of drug-likeness (QED) is 0.651. The molecule has 0 saturated heterocycles. The number of benzene rings is 2. The van der Waals surface area contributed by atoms with Crippen molar-refractivity contribution in [3.05, 3.63) is 68.8 Å². The summed E-state index contributed by atoms with van der Waals surface area (Å²) >= 11 is 0. The van der Waals surface area contributed by atoms with Gasteiger partial charge in [0.05, 0.1) is 0 Å². The summed E-state index contributed by atoms with van der Waals surface area (Å²) in [5.41, 5.74) is 11.8. The maximum Gasteiger partial charge on any atom is -0.0235 e. The van der Waals surface area contributed by atoms with Gasteiger partial charge in [-0.25, -0.2) is 0 Å². The van der Waals surface area contributed by atoms with Gasteiger partial charge < -0.3 is 0 Å². The van der Waals surface area contributed by atoms with Gasteiger partial charge >= 0.3 is 0 Å². The number of hydrogen-bond acceptors (Lipinski definition) is 0. The minimum Gasteiger partial charge on any atom is -0.0613 e. The van der Waals surface area contributed by atoms with E-state index in [1.54, 1.807) is 0 Å². The highest BCUT2D eigenvalue weighted by Crippen LogP contribution is 2.21. The lowest BCUT2D eigenvalue weighted by Crippen LogP contribution is -2.01. The zero-order chi connectivity index (χ0) is 16.3. The van der Waals surface area contributed by atoms with Gasteiger partial charge in [0.1, 0.15) is 0 Å². The molecule has 0 aliphatic carbocycles. The lowest BCUT2D eigenvalue weighted by atomic mass is 9.91. The Hall–Kier alpha value is -1.56. The van der Waals surface area contributed by atoms with Gasteiger partial charge in [-0.2, -0.15) is 0 Å². The van der Waals surface area contributed by atoms with Crippen molar-refractivity contribution in [1.82, 2.24) is 0 Å². The van der Waals surface area contributed by atoms with Gasteiger partial charge in [0.25, 0.3) is 0 Å². The highest BCUT2D eigenvalue weighted by Gasteiger charge is 2.07. The molecule has 0 amide bonds. The van der Waals surface area contributed by atoms with Gasteiger partial charge in [-0.05, 0) is 97.9 Å². The lowest BCUT2D eigenvalue weighted by molar-refractivity contribution is 0.922. The summed E-state index contributed by atoms with van der Waals surface area (Å²) in [6.45, 7) is 13.5. The first kappa shape index (κ1) is 16.8. The van der Waals surface area contributed by atoms with Gasteiger partial charge in [0.2, 0.25) is 0 Å². The molecule has 0 bridgehead atoms. The Morgan fingerprint density at radius 3 is 1.14 bits per heavy atom. The molecule has 0 radical (unpaired) electrons. The van der Waals surface area contributed by atoms with Crippen molar-refractivity contribution < 1.29 is 0 Å². The van der Waals surface area contributed by atoms with E-state index in [1.165, 1.54) is 44.5 Å². The second kappa shape index (κ2) is 7.13. The van der Waals surface area contributed by atoms with Crippen LogP contribution in [0.2, 0.25) is 0 Å². The van der Waals surface area contributed by atoms with E-state index >= 15 is 0 Å². The number of rotatable bonds is 5. The monoisotopic (exact) mass is 294 g/mol. The van der Waals surface area contributed by atoms with E-state index in [-0.39, 0.29) is 0 Å². The van der Waals surface area contributed by atoms with Crippen LogP contribution in [-0.2, 0) is 25.7 Å². The summed E-state index contributed by atoms with van der Waals surface area (Å²) in [6.07, 6.45) is 4.55. The Balaban J connectivity index is 2.23. The third-order valence-electron chi connectivity index (χ3n) is 5.01. The molecule has 0 aliphatic heterocycles. The molecule has 0 nitrogen and oxygen atoms in total. The van der Waals surface area contributed by atoms with E-state index < -0.39 is 0 Å². The van der Waals surface area contributed by atoms with E-state index in [0.29, 0.717) is 0 Å². The van der Waals surface area contributed by atoms with Crippen LogP contribution >= 0.6 is 0 Å². The average Bonchev–Trinajstić information content (AvgIpc) is 2.48. The minimum atomic E-state index is 1.13. The SMILES string of the molecule is CCc1cc(CCc2cc(CC)c(C)cc2C)c(C)cc1C. The van der Waals surface area contributed by atoms with Gasteiger partial charge in [-0.1, -0.05) is 38.1 Å². The fourth-order valence-electron chi connectivity index (χ4n) is 3.47. The van der Waals surface area contributed by atoms with Crippen LogP contribution in [0, 0.1) is 27.7 Å². The van der Waals surface area contributed by atoms with Gasteiger partial charge in [0, 0.05) is 0 Å². The summed E-state index contributed by atoms with van der Waals surface area (Å²) in [5, 5.41) is 0. The molecule has 118 valence electrons. The molecule has 2 rings (SSSR count). The van der Waals surface area contributed by atoms with Crippen LogP contribution in [-0.4, -0.2) is 0 Å². The molecule has 2 aromatic carbocycles. The second-order valence-corrected chi connectivity index (χ2v) is 6.62. The van der Waals surface area contributed by atoms with Gasteiger partial charge in [-0.15, -0.1) is 0 Å². The highest BCUT2D eigenvalue weighted by atomic mass is 14.1. The molecule has 0 spiro atoms. The van der Waals surface area contributed by atoms with Crippen LogP contribution < -0.4 is 0 Å². The Morgan fingerprint density at radius 2 is 0.818 bits per heavy atom. The first-order valence-corrected chi connectivity index (χ1v) is 8.64. The average molecular weight is 294 g/mol. The molecule has 2 aromatic rings. The van der Waals surface area contributed by atoms with E-state index in [9.17, 15) is 0 Å². The van der Waals surface area contributed by atoms with Gasteiger partial charge in [0.15, 0.2) is 0 Å². The Kier molecular flexibility index (Phi) is 5.45. The van der Waals surface area contributed by atoms with Crippen molar-refractivity contribution in [1.29, 1.82) is 0 Å². The Bertz CT molecular complexity index is 603. The molecule has 0 fully saturated rings. The van der Waals surface area contributed by atoms with Crippen molar-refractivity contribution in [3.63, 3.8) is 0 Å². The molecule has 0 N–H and O–H groups in total. The van der Waals surface area contributed by atoms with Crippen molar-refractivity contribution in [2.24, 2.45) is 0 Å². The molecular weight excluding hydrogens is 264 g/mol. The van der Waals surface area contributed by atoms with Crippen LogP contribution in [0.15, 0.2) is 24.3 Å². The zero-order valence-corrected chi connectivity index (χ0v) is 15.1. The van der Waals surface area contributed by atoms with Crippen LogP contribution in [0.1, 0.15) is 58.4 Å². The fraction of sp³-hybridized carbons (Fsp3) is 0.455. The summed E-state index contributed by atoms with van der Waals surface area (Å²) in [6, 6.07) is 9.56. The summed E-state index contributed by atoms with van der Waals surface area (Å²) in [5.74, 6) is 0. The molecule has 22 heavy (non-hydrogen) atoms. The van der Waals surface area contributed by atoms with Crippen molar-refractivity contribution >= 4 is 0 Å². The molecule has 0 aromatic heterocycles. The van der Waals surface area contributed by atoms with E-state index in [0.717, 1.165) is 25.7 Å². The maximum absolute atomic E-state index is 2.43. The maximum atomic E-state index is 2.43. The fourth-order valence-corrected chi connectivity index (χ4v) is 3.47. The largest absolute Gasteiger partial charge is 0.0613 e. The third kappa shape index (κ3) is 3.61. The second-order valence-electron chi connectivity index (χ2n) is 6.62. The standard InChI is InChI=1S/C22H30/c1-7-19-13-21(17(5)11-15(19)3)9-10-22-14-20(8-2)16(4)12-18(22)6/h11-14H,7-10H2,1-6H3. The summed E-state index contributed by atoms with van der Waals surface area (Å²) < 4.78 is 0. The zero-order valence-electron chi connectivity index (χ0n) is 15.1. The number of aryl methyl sites for hydroxylation is 8. The van der Waals surface area contributed by atoms with Gasteiger partial charge in [-0.3, -0.25) is 0 Å². The smallest absolute Gasteiger partial charge is 0.0235 e. The molecule has 0 atom stereocenters. The molecule has 0 heterocycles. The molecule has 0 unspecified atom stereocenters. The predicted octanol–water partition coefficient (Wildman–Crippen LogP) is 5.83. The van der Waals surface area contributed by atoms with Crippen molar-refractivity contribution in [2.45, 2.75) is 67.2 Å². The van der Waals surface area contributed by atoms with E-state index in [1.807, 2.05) is 0 Å². The molecule has 0 aliphatic rings. The summed E-state index contributed by atoms with van der Waals surface area (Å²) in [7, 11) is 0. The number of hydrogen-bond donors (Lipinski definition) is 0. The van der Waals surface area contributed by atoms with Crippen LogP contribution in [0.3, 0.4) is 0 Å². The van der Waals surface area contributed by atoms with Crippen LogP contribution in [0.25, 0.3) is 0 Å². The molecular formula is C22H30. The minimum absolute atomic E-state index is 1.13. The lowest BCUT2D eigenvalue weighted by Gasteiger charge is -2.14. The van der Waals surface area contributed by atoms with E-state index in [4.69, 9.17) is 0 Å². The molecule has 0 heteroatoms. The predicted molar refractivity (Wildman–Crippen MR) is 98.0 cm³/mol. The van der Waals surface area contributed by atoms with E-state index in [2.05, 4.69) is 65.8 Å². The Labute approximate surface area is 136 Å². The highest BCUT2D eigenvalue weighted by molar-refractivity contribution is 5.40. The first-order chi connectivity index (χ1) is 10.5. The normalized spacial score (nSPS) is 11.0. The Morgan fingerprint density at radius 1 is 0.500 bits per heavy atom. The van der Waals surface area contributed by atoms with Crippen molar-refractivity contribution in [2.75, 3.05) is 0 Å².